The Kier molecular flexibility index (Phi) is 7.20. The molecule has 1 unspecified atom stereocenters. The van der Waals surface area contributed by atoms with Gasteiger partial charge in [0.1, 0.15) is 7.05 Å². The van der Waals surface area contributed by atoms with Crippen molar-refractivity contribution in [3.8, 4) is 0 Å². The first-order chi connectivity index (χ1) is 16.8. The Bertz CT molecular complexity index is 1210. The molecule has 182 valence electrons. The molecule has 3 heterocycles. The van der Waals surface area contributed by atoms with Crippen LogP contribution >= 0.6 is 43.5 Å². The summed E-state index contributed by atoms with van der Waals surface area (Å²) in [5.74, 6) is 0.481. The minimum atomic E-state index is 0.0126. The molecular weight excluding hydrogens is 594 g/mol. The molecule has 0 saturated carbocycles. The fraction of sp³-hybridized carbons (Fsp3) is 0.370. The molecular formula is C27H28Br2ClN3O2+2. The number of piperidine rings is 1. The molecule has 3 aromatic rings. The maximum Gasteiger partial charge on any atom is 0.245 e. The zero-order valence-electron chi connectivity index (χ0n) is 19.6. The van der Waals surface area contributed by atoms with Crippen LogP contribution < -0.4 is 9.30 Å². The summed E-state index contributed by atoms with van der Waals surface area (Å²) in [6.45, 7) is 1.44. The number of carbonyl (C=O) groups excluding carboxylic acids is 1. The number of nitrogens with zero attached hydrogens (tertiary/aromatic N) is 3. The van der Waals surface area contributed by atoms with Crippen LogP contribution in [0.5, 0.6) is 0 Å². The van der Waals surface area contributed by atoms with Crippen molar-refractivity contribution in [2.24, 2.45) is 13.0 Å². The first kappa shape index (κ1) is 24.7. The van der Waals surface area contributed by atoms with Gasteiger partial charge in [0.2, 0.25) is 17.8 Å². The van der Waals surface area contributed by atoms with Gasteiger partial charge in [0.25, 0.3) is 0 Å². The largest absolute Gasteiger partial charge is 0.342 e. The Labute approximate surface area is 227 Å². The molecule has 1 aliphatic heterocycles. The third-order valence-corrected chi connectivity index (χ3v) is 8.66. The summed E-state index contributed by atoms with van der Waals surface area (Å²) in [5.41, 5.74) is 5.55. The van der Waals surface area contributed by atoms with Crippen LogP contribution in [-0.4, -0.2) is 29.1 Å². The number of aryl methyl sites for hydroxylation is 3. The molecule has 35 heavy (non-hydrogen) atoms. The highest BCUT2D eigenvalue weighted by Crippen LogP contribution is 2.45. The van der Waals surface area contributed by atoms with Crippen LogP contribution in [-0.2, 0) is 31.1 Å². The number of hydrogen-bond acceptors (Lipinski definition) is 2. The van der Waals surface area contributed by atoms with Crippen molar-refractivity contribution in [2.45, 2.75) is 38.0 Å². The van der Waals surface area contributed by atoms with Gasteiger partial charge in [-0.1, -0.05) is 27.5 Å². The quantitative estimate of drug-likeness (QED) is 0.333. The number of hydrogen-bond donors (Lipinski definition) is 1. The second-order valence-corrected chi connectivity index (χ2v) is 11.8. The standard InChI is InChI=1S/C27H28Br2ClN3O2/c1-31-8-4-17(5-9-31)12-24(34)32-10-6-18(7-11-32)26-25-19(14-22(30)15-23(25)29)2-3-20-13-21(28)16-33(35)27(20)26/h4-5,8-9,13-16,18,26,35H,2-3,6-7,10-12H2,1H3/q+2. The smallest absolute Gasteiger partial charge is 0.245 e. The summed E-state index contributed by atoms with van der Waals surface area (Å²) >= 11 is 13.8. The zero-order valence-corrected chi connectivity index (χ0v) is 23.5. The van der Waals surface area contributed by atoms with Gasteiger partial charge in [-0.05, 0) is 82.4 Å². The fourth-order valence-electron chi connectivity index (χ4n) is 5.63. The number of halogens is 3. The van der Waals surface area contributed by atoms with Crippen LogP contribution in [0, 0.1) is 5.92 Å². The number of likely N-dealkylation sites (tertiary alicyclic amines) is 1. The second-order valence-electron chi connectivity index (χ2n) is 9.62. The predicted molar refractivity (Wildman–Crippen MR) is 141 cm³/mol. The van der Waals surface area contributed by atoms with E-state index in [-0.39, 0.29) is 11.8 Å². The van der Waals surface area contributed by atoms with Crippen molar-refractivity contribution in [2.75, 3.05) is 13.1 Å². The average Bonchev–Trinajstić information content (AvgIpc) is 2.98. The van der Waals surface area contributed by atoms with E-state index in [0.717, 1.165) is 64.5 Å². The van der Waals surface area contributed by atoms with E-state index in [1.54, 1.807) is 6.20 Å². The topological polar surface area (TPSA) is 48.3 Å². The molecule has 0 radical (unpaired) electrons. The van der Waals surface area contributed by atoms with Crippen molar-refractivity contribution in [1.29, 1.82) is 0 Å². The highest BCUT2D eigenvalue weighted by Gasteiger charge is 2.41. The first-order valence-corrected chi connectivity index (χ1v) is 13.9. The van der Waals surface area contributed by atoms with E-state index >= 15 is 0 Å². The third-order valence-electron chi connectivity index (χ3n) is 7.35. The van der Waals surface area contributed by atoms with Gasteiger partial charge in [0, 0.05) is 45.0 Å². The number of pyridine rings is 2. The molecule has 1 atom stereocenters. The van der Waals surface area contributed by atoms with Crippen LogP contribution in [0.25, 0.3) is 0 Å². The lowest BCUT2D eigenvalue weighted by Crippen LogP contribution is -2.44. The van der Waals surface area contributed by atoms with Crippen molar-refractivity contribution in [3.05, 3.63) is 90.8 Å². The van der Waals surface area contributed by atoms with Crippen molar-refractivity contribution >= 4 is 49.4 Å². The van der Waals surface area contributed by atoms with E-state index in [4.69, 9.17) is 11.6 Å². The molecule has 1 aromatic carbocycles. The number of amides is 1. The van der Waals surface area contributed by atoms with Gasteiger partial charge in [-0.25, -0.2) is 4.57 Å². The molecule has 1 fully saturated rings. The first-order valence-electron chi connectivity index (χ1n) is 11.9. The van der Waals surface area contributed by atoms with Gasteiger partial charge in [-0.2, -0.15) is 0 Å². The number of rotatable bonds is 3. The summed E-state index contributed by atoms with van der Waals surface area (Å²) in [4.78, 5) is 15.0. The zero-order chi connectivity index (χ0) is 24.7. The molecule has 2 aliphatic rings. The monoisotopic (exact) mass is 619 g/mol. The Morgan fingerprint density at radius 2 is 1.80 bits per heavy atom. The molecule has 0 spiro atoms. The molecule has 1 amide bonds. The van der Waals surface area contributed by atoms with Crippen molar-refractivity contribution < 1.29 is 19.3 Å². The normalized spacial score (nSPS) is 18.1. The Balaban J connectivity index is 1.43. The van der Waals surface area contributed by atoms with Crippen LogP contribution in [0.2, 0.25) is 5.02 Å². The lowest BCUT2D eigenvalue weighted by molar-refractivity contribution is -0.911. The second kappa shape index (κ2) is 10.2. The third kappa shape index (κ3) is 5.13. The molecule has 5 nitrogen and oxygen atoms in total. The predicted octanol–water partition coefficient (Wildman–Crippen LogP) is 4.93. The van der Waals surface area contributed by atoms with Crippen LogP contribution in [0.3, 0.4) is 0 Å². The number of carbonyl (C=O) groups is 1. The fourth-order valence-corrected chi connectivity index (χ4v) is 7.22. The lowest BCUT2D eigenvalue weighted by Gasteiger charge is -2.36. The molecule has 5 rings (SSSR count). The summed E-state index contributed by atoms with van der Waals surface area (Å²) in [6.07, 6.45) is 9.55. The van der Waals surface area contributed by atoms with Gasteiger partial charge >= 0.3 is 0 Å². The van der Waals surface area contributed by atoms with Crippen molar-refractivity contribution in [1.82, 2.24) is 4.90 Å². The van der Waals surface area contributed by atoms with E-state index < -0.39 is 0 Å². The Morgan fingerprint density at radius 1 is 1.11 bits per heavy atom. The van der Waals surface area contributed by atoms with E-state index in [1.807, 2.05) is 47.1 Å². The van der Waals surface area contributed by atoms with Crippen LogP contribution in [0.1, 0.15) is 46.7 Å². The number of fused-ring (bicyclic) bond motifs is 2. The summed E-state index contributed by atoms with van der Waals surface area (Å²) in [6, 6.07) is 10.2. The lowest BCUT2D eigenvalue weighted by atomic mass is 9.76. The SMILES string of the molecule is C[n+]1ccc(CC(=O)N2CCC(C3c4c(Br)cc(Cl)cc4CCc4cc(Br)c[n+](O)c43)CC2)cc1. The number of benzene rings is 1. The highest BCUT2D eigenvalue weighted by atomic mass is 79.9. The van der Waals surface area contributed by atoms with E-state index in [9.17, 15) is 10.0 Å². The molecule has 8 heteroatoms. The van der Waals surface area contributed by atoms with E-state index in [0.29, 0.717) is 17.4 Å². The molecule has 1 N–H and O–H groups in total. The maximum absolute atomic E-state index is 13.0. The van der Waals surface area contributed by atoms with E-state index in [1.165, 1.54) is 15.9 Å². The van der Waals surface area contributed by atoms with Crippen molar-refractivity contribution in [3.63, 3.8) is 0 Å². The van der Waals surface area contributed by atoms with Gasteiger partial charge in [0.15, 0.2) is 12.4 Å². The Morgan fingerprint density at radius 3 is 2.51 bits per heavy atom. The van der Waals surface area contributed by atoms with Gasteiger partial charge in [-0.15, -0.1) is 0 Å². The molecule has 1 saturated heterocycles. The Hall–Kier alpha value is -1.96. The molecule has 1 aliphatic carbocycles. The molecule has 2 aromatic heterocycles. The summed E-state index contributed by atoms with van der Waals surface area (Å²) in [5, 5.41) is 11.8. The van der Waals surface area contributed by atoms with Gasteiger partial charge in [0.05, 0.1) is 16.8 Å². The molecule has 0 bridgehead atoms. The minimum absolute atomic E-state index is 0.0126. The van der Waals surface area contributed by atoms with Gasteiger partial charge < -0.3 is 4.90 Å². The van der Waals surface area contributed by atoms with Crippen LogP contribution in [0.4, 0.5) is 0 Å². The summed E-state index contributed by atoms with van der Waals surface area (Å²) < 4.78 is 5.11. The average molecular weight is 622 g/mol. The summed E-state index contributed by atoms with van der Waals surface area (Å²) in [7, 11) is 1.97. The van der Waals surface area contributed by atoms with E-state index in [2.05, 4.69) is 44.0 Å². The van der Waals surface area contributed by atoms with Crippen LogP contribution in [0.15, 0.2) is 57.9 Å². The highest BCUT2D eigenvalue weighted by molar-refractivity contribution is 9.10. The van der Waals surface area contributed by atoms with Gasteiger partial charge in [-0.3, -0.25) is 10.0 Å². The number of aromatic nitrogens is 2. The minimum Gasteiger partial charge on any atom is -0.342 e. The maximum atomic E-state index is 13.0.